The minimum Gasteiger partial charge on any atom is -0.494 e. The molecule has 0 unspecified atom stereocenters. The molecule has 128 valence electrons. The van der Waals surface area contributed by atoms with E-state index in [-0.39, 0.29) is 18.2 Å². The third-order valence-corrected chi connectivity index (χ3v) is 3.54. The number of unbranched alkanes of at least 4 members (excludes halogenated alkanes) is 1. The predicted molar refractivity (Wildman–Crippen MR) is 92.9 cm³/mol. The van der Waals surface area contributed by atoms with Gasteiger partial charge in [-0.2, -0.15) is 0 Å². The number of halogens is 1. The van der Waals surface area contributed by atoms with Gasteiger partial charge in [-0.15, -0.1) is 0 Å². The van der Waals surface area contributed by atoms with E-state index >= 15 is 0 Å². The average Bonchev–Trinajstić information content (AvgIpc) is 3.03. The molecule has 1 heterocycles. The number of hydrogen-bond donors (Lipinski definition) is 2. The Morgan fingerprint density at radius 2 is 1.83 bits per heavy atom. The van der Waals surface area contributed by atoms with Gasteiger partial charge in [0.15, 0.2) is 10.4 Å². The van der Waals surface area contributed by atoms with E-state index < -0.39 is 5.91 Å². The number of carbonyl (C=O) groups excluding carboxylic acids is 2. The molecule has 6 nitrogen and oxygen atoms in total. The van der Waals surface area contributed by atoms with Gasteiger partial charge in [0.25, 0.3) is 5.91 Å². The maximum absolute atomic E-state index is 11.7. The molecule has 0 aliphatic rings. The number of para-hydroxylation sites is 1. The van der Waals surface area contributed by atoms with Crippen LogP contribution < -0.4 is 15.4 Å². The molecule has 24 heavy (non-hydrogen) atoms. The summed E-state index contributed by atoms with van der Waals surface area (Å²) in [5, 5.41) is 5.24. The average molecular weight is 395 g/mol. The number of furan rings is 1. The highest BCUT2D eigenvalue weighted by Gasteiger charge is 2.11. The third-order valence-electron chi connectivity index (χ3n) is 3.11. The highest BCUT2D eigenvalue weighted by atomic mass is 79.9. The van der Waals surface area contributed by atoms with Crippen LogP contribution >= 0.6 is 15.9 Å². The number of nitrogens with one attached hydrogen (secondary N) is 2. The van der Waals surface area contributed by atoms with Gasteiger partial charge in [-0.3, -0.25) is 9.59 Å². The van der Waals surface area contributed by atoms with Crippen LogP contribution in [0.4, 0.5) is 0 Å². The Hall–Kier alpha value is -2.28. The highest BCUT2D eigenvalue weighted by molar-refractivity contribution is 9.10. The van der Waals surface area contributed by atoms with Crippen molar-refractivity contribution in [3.63, 3.8) is 0 Å². The molecule has 1 aromatic heterocycles. The number of carbonyl (C=O) groups is 2. The molecule has 0 bridgehead atoms. The van der Waals surface area contributed by atoms with Crippen molar-refractivity contribution in [1.29, 1.82) is 0 Å². The third kappa shape index (κ3) is 6.45. The monoisotopic (exact) mass is 394 g/mol. The van der Waals surface area contributed by atoms with Crippen molar-refractivity contribution in [2.24, 2.45) is 0 Å². The second kappa shape index (κ2) is 9.77. The zero-order chi connectivity index (χ0) is 17.2. The highest BCUT2D eigenvalue weighted by Crippen LogP contribution is 2.13. The Bertz CT molecular complexity index is 658. The summed E-state index contributed by atoms with van der Waals surface area (Å²) < 4.78 is 11.1. The number of benzene rings is 1. The zero-order valence-electron chi connectivity index (χ0n) is 13.1. The number of hydrogen-bond acceptors (Lipinski definition) is 4. The molecule has 7 heteroatoms. The Balaban J connectivity index is 1.51. The fraction of sp³-hybridized carbons (Fsp3) is 0.294. The predicted octanol–water partition coefficient (Wildman–Crippen LogP) is 2.75. The summed E-state index contributed by atoms with van der Waals surface area (Å²) in [6.45, 7) is 1.06. The van der Waals surface area contributed by atoms with E-state index in [0.717, 1.165) is 18.6 Å². The number of ether oxygens (including phenoxy) is 1. The zero-order valence-corrected chi connectivity index (χ0v) is 14.7. The Morgan fingerprint density at radius 1 is 1.04 bits per heavy atom. The van der Waals surface area contributed by atoms with Gasteiger partial charge in [-0.1, -0.05) is 18.2 Å². The van der Waals surface area contributed by atoms with E-state index in [2.05, 4.69) is 26.6 Å². The van der Waals surface area contributed by atoms with Crippen LogP contribution in [0.25, 0.3) is 0 Å². The van der Waals surface area contributed by atoms with Crippen LogP contribution in [0.1, 0.15) is 23.4 Å². The topological polar surface area (TPSA) is 80.6 Å². The summed E-state index contributed by atoms with van der Waals surface area (Å²) in [5.74, 6) is 0.339. The van der Waals surface area contributed by atoms with Crippen molar-refractivity contribution >= 4 is 27.7 Å². The summed E-state index contributed by atoms with van der Waals surface area (Å²) in [5.41, 5.74) is 0. The lowest BCUT2D eigenvalue weighted by Gasteiger charge is -2.07. The van der Waals surface area contributed by atoms with Crippen LogP contribution in [0.3, 0.4) is 0 Å². The van der Waals surface area contributed by atoms with Gasteiger partial charge in [-0.05, 0) is 53.0 Å². The van der Waals surface area contributed by atoms with E-state index in [1.165, 1.54) is 6.07 Å². The summed E-state index contributed by atoms with van der Waals surface area (Å²) in [4.78, 5) is 23.3. The van der Waals surface area contributed by atoms with E-state index in [9.17, 15) is 9.59 Å². The SMILES string of the molecule is O=C(CNC(=O)c1ccc(Br)o1)NCCCCOc1ccccc1. The first kappa shape index (κ1) is 18.1. The van der Waals surface area contributed by atoms with E-state index in [1.54, 1.807) is 6.07 Å². The molecule has 0 spiro atoms. The molecule has 0 saturated carbocycles. The van der Waals surface area contributed by atoms with Gasteiger partial charge in [0.05, 0.1) is 13.2 Å². The van der Waals surface area contributed by atoms with Crippen LogP contribution in [-0.2, 0) is 4.79 Å². The fourth-order valence-corrected chi connectivity index (χ4v) is 2.21. The molecule has 2 amide bonds. The van der Waals surface area contributed by atoms with Gasteiger partial charge in [0.2, 0.25) is 5.91 Å². The van der Waals surface area contributed by atoms with Crippen molar-refractivity contribution in [2.45, 2.75) is 12.8 Å². The quantitative estimate of drug-likeness (QED) is 0.640. The van der Waals surface area contributed by atoms with Crippen LogP contribution in [-0.4, -0.2) is 31.5 Å². The van der Waals surface area contributed by atoms with E-state index in [4.69, 9.17) is 9.15 Å². The second-order valence-electron chi connectivity index (χ2n) is 5.01. The molecule has 0 radical (unpaired) electrons. The lowest BCUT2D eigenvalue weighted by atomic mass is 10.3. The van der Waals surface area contributed by atoms with E-state index in [1.807, 2.05) is 30.3 Å². The van der Waals surface area contributed by atoms with Crippen molar-refractivity contribution in [1.82, 2.24) is 10.6 Å². The van der Waals surface area contributed by atoms with Crippen LogP contribution in [0, 0.1) is 0 Å². The second-order valence-corrected chi connectivity index (χ2v) is 5.79. The lowest BCUT2D eigenvalue weighted by molar-refractivity contribution is -0.120. The molecule has 0 atom stereocenters. The number of amides is 2. The summed E-state index contributed by atoms with van der Waals surface area (Å²) >= 11 is 3.11. The minimum atomic E-state index is -0.424. The molecule has 0 saturated heterocycles. The van der Waals surface area contributed by atoms with Gasteiger partial charge in [0, 0.05) is 6.54 Å². The molecule has 1 aromatic carbocycles. The Kier molecular flexibility index (Phi) is 7.35. The maximum atomic E-state index is 11.7. The maximum Gasteiger partial charge on any atom is 0.287 e. The van der Waals surface area contributed by atoms with Gasteiger partial charge in [0.1, 0.15) is 5.75 Å². The van der Waals surface area contributed by atoms with Crippen molar-refractivity contribution in [3.8, 4) is 5.75 Å². The van der Waals surface area contributed by atoms with Crippen molar-refractivity contribution < 1.29 is 18.7 Å². The van der Waals surface area contributed by atoms with Crippen LogP contribution in [0.5, 0.6) is 5.75 Å². The van der Waals surface area contributed by atoms with Crippen LogP contribution in [0.15, 0.2) is 51.6 Å². The summed E-state index contributed by atoms with van der Waals surface area (Å²) in [6, 6.07) is 12.7. The molecule has 2 aromatic rings. The van der Waals surface area contributed by atoms with Crippen molar-refractivity contribution in [2.75, 3.05) is 19.7 Å². The largest absolute Gasteiger partial charge is 0.494 e. The Labute approximate surface area is 148 Å². The first-order chi connectivity index (χ1) is 11.6. The lowest BCUT2D eigenvalue weighted by Crippen LogP contribution is -2.37. The van der Waals surface area contributed by atoms with Gasteiger partial charge < -0.3 is 19.8 Å². The fourth-order valence-electron chi connectivity index (χ4n) is 1.91. The molecular formula is C17H19BrN2O4. The van der Waals surface area contributed by atoms with Crippen LogP contribution in [0.2, 0.25) is 0 Å². The normalized spacial score (nSPS) is 10.2. The Morgan fingerprint density at radius 3 is 2.54 bits per heavy atom. The molecule has 0 aliphatic carbocycles. The first-order valence-corrected chi connectivity index (χ1v) is 8.42. The van der Waals surface area contributed by atoms with E-state index in [0.29, 0.717) is 17.8 Å². The minimum absolute atomic E-state index is 0.0856. The standard InChI is InChI=1S/C17H19BrN2O4/c18-15-9-8-14(24-15)17(22)20-12-16(21)19-10-4-5-11-23-13-6-2-1-3-7-13/h1-3,6-9H,4-5,10-12H2,(H,19,21)(H,20,22). The molecule has 0 aliphatic heterocycles. The molecule has 2 rings (SSSR count). The van der Waals surface area contributed by atoms with Gasteiger partial charge in [-0.25, -0.2) is 0 Å². The smallest absolute Gasteiger partial charge is 0.287 e. The van der Waals surface area contributed by atoms with Crippen molar-refractivity contribution in [3.05, 3.63) is 52.9 Å². The molecular weight excluding hydrogens is 376 g/mol. The molecule has 2 N–H and O–H groups in total. The molecule has 0 fully saturated rings. The van der Waals surface area contributed by atoms with Gasteiger partial charge >= 0.3 is 0 Å². The summed E-state index contributed by atoms with van der Waals surface area (Å²) in [7, 11) is 0. The first-order valence-electron chi connectivity index (χ1n) is 7.63. The summed E-state index contributed by atoms with van der Waals surface area (Å²) in [6.07, 6.45) is 1.64. The number of rotatable bonds is 9.